The van der Waals surface area contributed by atoms with Crippen molar-refractivity contribution in [1.82, 2.24) is 0 Å². The van der Waals surface area contributed by atoms with Crippen molar-refractivity contribution in [3.63, 3.8) is 0 Å². The highest BCUT2D eigenvalue weighted by molar-refractivity contribution is 6.12. The van der Waals surface area contributed by atoms with Gasteiger partial charge in [0.15, 0.2) is 0 Å². The molecule has 0 aliphatic carbocycles. The van der Waals surface area contributed by atoms with Gasteiger partial charge in [0.2, 0.25) is 0 Å². The molecule has 4 rings (SSSR count). The molecule has 1 heterocycles. The Labute approximate surface area is 154 Å². The summed E-state index contributed by atoms with van der Waals surface area (Å²) in [5.41, 5.74) is 2.08. The molecule has 7 heteroatoms. The largest absolute Gasteiger partial charge is 0.360 e. The lowest BCUT2D eigenvalue weighted by atomic mass is 10.0. The Hall–Kier alpha value is -3.74. The van der Waals surface area contributed by atoms with E-state index in [1.165, 1.54) is 41.3 Å². The standard InChI is InChI=1S/C20H14FN3O3/c21-14-8-10-15(11-9-14)23-19(13-4-3-5-16(12-13)24(26)27)22-18-7-2-1-6-17(18)20(23)25/h1-12,19,22H/t19-/m1/s1. The van der Waals surface area contributed by atoms with Gasteiger partial charge in [0.25, 0.3) is 11.6 Å². The number of amides is 1. The number of nitro groups is 1. The number of nitrogens with one attached hydrogen (secondary N) is 1. The summed E-state index contributed by atoms with van der Waals surface area (Å²) in [6.45, 7) is 0. The summed E-state index contributed by atoms with van der Waals surface area (Å²) in [6, 6.07) is 18.7. The summed E-state index contributed by atoms with van der Waals surface area (Å²) in [5, 5.41) is 14.4. The molecule has 1 aliphatic rings. The topological polar surface area (TPSA) is 75.5 Å². The van der Waals surface area contributed by atoms with Gasteiger partial charge in [-0.1, -0.05) is 24.3 Å². The third-order valence-corrected chi connectivity index (χ3v) is 4.43. The van der Waals surface area contributed by atoms with E-state index < -0.39 is 16.9 Å². The van der Waals surface area contributed by atoms with E-state index in [0.717, 1.165) is 0 Å². The molecule has 0 saturated carbocycles. The van der Waals surface area contributed by atoms with Crippen molar-refractivity contribution in [2.24, 2.45) is 0 Å². The summed E-state index contributed by atoms with van der Waals surface area (Å²) < 4.78 is 13.4. The number of hydrogen-bond acceptors (Lipinski definition) is 4. The Bertz CT molecular complexity index is 1040. The van der Waals surface area contributed by atoms with Crippen molar-refractivity contribution in [3.8, 4) is 0 Å². The number of hydrogen-bond donors (Lipinski definition) is 1. The number of halogens is 1. The smallest absolute Gasteiger partial charge is 0.269 e. The number of para-hydroxylation sites is 1. The van der Waals surface area contributed by atoms with E-state index in [-0.39, 0.29) is 11.6 Å². The summed E-state index contributed by atoms with van der Waals surface area (Å²) in [7, 11) is 0. The molecule has 3 aromatic carbocycles. The van der Waals surface area contributed by atoms with Gasteiger partial charge >= 0.3 is 0 Å². The first-order valence-electron chi connectivity index (χ1n) is 8.23. The van der Waals surface area contributed by atoms with Crippen molar-refractivity contribution in [2.45, 2.75) is 6.17 Å². The number of non-ortho nitro benzene ring substituents is 1. The van der Waals surface area contributed by atoms with E-state index in [1.54, 1.807) is 36.4 Å². The molecule has 27 heavy (non-hydrogen) atoms. The van der Waals surface area contributed by atoms with Crippen LogP contribution in [0.4, 0.5) is 21.5 Å². The Morgan fingerprint density at radius 1 is 1.00 bits per heavy atom. The Kier molecular flexibility index (Phi) is 4.04. The first kappa shape index (κ1) is 16.7. The Morgan fingerprint density at radius 2 is 1.74 bits per heavy atom. The molecular formula is C20H14FN3O3. The number of nitro benzene ring substituents is 1. The SMILES string of the molecule is O=C1c2ccccc2N[C@@H](c2cccc([N+](=O)[O-])c2)N1c1ccc(F)cc1. The maximum atomic E-state index is 13.4. The van der Waals surface area contributed by atoms with Crippen molar-refractivity contribution < 1.29 is 14.1 Å². The number of fused-ring (bicyclic) bond motifs is 1. The van der Waals surface area contributed by atoms with Crippen LogP contribution in [0.5, 0.6) is 0 Å². The van der Waals surface area contributed by atoms with E-state index in [0.29, 0.717) is 22.5 Å². The van der Waals surface area contributed by atoms with E-state index in [2.05, 4.69) is 5.32 Å². The molecule has 134 valence electrons. The second-order valence-corrected chi connectivity index (χ2v) is 6.10. The number of carbonyl (C=O) groups excluding carboxylic acids is 1. The summed E-state index contributed by atoms with van der Waals surface area (Å²) in [4.78, 5) is 25.3. The normalized spacial score (nSPS) is 15.8. The molecule has 6 nitrogen and oxygen atoms in total. The molecule has 3 aromatic rings. The molecule has 1 amide bonds. The van der Waals surface area contributed by atoms with Gasteiger partial charge in [0.05, 0.1) is 10.5 Å². The molecule has 1 atom stereocenters. The number of rotatable bonds is 3. The lowest BCUT2D eigenvalue weighted by molar-refractivity contribution is -0.384. The fourth-order valence-corrected chi connectivity index (χ4v) is 3.16. The van der Waals surface area contributed by atoms with Crippen LogP contribution >= 0.6 is 0 Å². The van der Waals surface area contributed by atoms with Gasteiger partial charge in [-0.2, -0.15) is 0 Å². The van der Waals surface area contributed by atoms with Crippen molar-refractivity contribution >= 4 is 23.0 Å². The van der Waals surface area contributed by atoms with E-state index >= 15 is 0 Å². The van der Waals surface area contributed by atoms with Gasteiger partial charge in [0.1, 0.15) is 12.0 Å². The fourth-order valence-electron chi connectivity index (χ4n) is 3.16. The molecule has 0 spiro atoms. The number of carbonyl (C=O) groups is 1. The average molecular weight is 363 g/mol. The van der Waals surface area contributed by atoms with Gasteiger partial charge in [-0.3, -0.25) is 19.8 Å². The third kappa shape index (κ3) is 2.99. The maximum absolute atomic E-state index is 13.4. The minimum atomic E-state index is -0.669. The third-order valence-electron chi connectivity index (χ3n) is 4.43. The van der Waals surface area contributed by atoms with Crippen LogP contribution in [-0.2, 0) is 0 Å². The molecule has 1 N–H and O–H groups in total. The highest BCUT2D eigenvalue weighted by Gasteiger charge is 2.34. The van der Waals surface area contributed by atoms with Gasteiger partial charge in [0, 0.05) is 29.1 Å². The maximum Gasteiger partial charge on any atom is 0.269 e. The zero-order chi connectivity index (χ0) is 19.0. The van der Waals surface area contributed by atoms with Crippen molar-refractivity contribution in [3.05, 3.63) is 99.9 Å². The first-order chi connectivity index (χ1) is 13.0. The zero-order valence-corrected chi connectivity index (χ0v) is 14.0. The summed E-state index contributed by atoms with van der Waals surface area (Å²) in [5.74, 6) is -0.684. The van der Waals surface area contributed by atoms with Crippen molar-refractivity contribution in [2.75, 3.05) is 10.2 Å². The lowest BCUT2D eigenvalue weighted by Crippen LogP contribution is -2.43. The Balaban J connectivity index is 1.86. The zero-order valence-electron chi connectivity index (χ0n) is 14.0. The average Bonchev–Trinajstić information content (AvgIpc) is 2.69. The van der Waals surface area contributed by atoms with Gasteiger partial charge in [-0.05, 0) is 36.4 Å². The highest BCUT2D eigenvalue weighted by Crippen LogP contribution is 2.37. The first-order valence-corrected chi connectivity index (χ1v) is 8.23. The van der Waals surface area contributed by atoms with Crippen LogP contribution in [0.15, 0.2) is 72.8 Å². The highest BCUT2D eigenvalue weighted by atomic mass is 19.1. The van der Waals surface area contributed by atoms with Crippen LogP contribution in [0.25, 0.3) is 0 Å². The van der Waals surface area contributed by atoms with E-state index in [4.69, 9.17) is 0 Å². The minimum Gasteiger partial charge on any atom is -0.360 e. The molecule has 0 radical (unpaired) electrons. The molecule has 0 bridgehead atoms. The van der Waals surface area contributed by atoms with Crippen molar-refractivity contribution in [1.29, 1.82) is 0 Å². The predicted octanol–water partition coefficient (Wildman–Crippen LogP) is 4.51. The fraction of sp³-hybridized carbons (Fsp3) is 0.0500. The minimum absolute atomic E-state index is 0.0698. The van der Waals surface area contributed by atoms with Crippen LogP contribution in [0.3, 0.4) is 0 Å². The summed E-state index contributed by atoms with van der Waals surface area (Å²) in [6.07, 6.45) is -0.669. The number of benzene rings is 3. The van der Waals surface area contributed by atoms with Gasteiger partial charge < -0.3 is 5.32 Å². The van der Waals surface area contributed by atoms with Gasteiger partial charge in [-0.25, -0.2) is 4.39 Å². The second kappa shape index (κ2) is 6.53. The quantitative estimate of drug-likeness (QED) is 0.549. The van der Waals surface area contributed by atoms with Crippen LogP contribution in [0, 0.1) is 15.9 Å². The molecule has 0 saturated heterocycles. The predicted molar refractivity (Wildman–Crippen MR) is 99.1 cm³/mol. The molecule has 1 aliphatic heterocycles. The molecular weight excluding hydrogens is 349 g/mol. The molecule has 0 unspecified atom stereocenters. The second-order valence-electron chi connectivity index (χ2n) is 6.10. The van der Waals surface area contributed by atoms with Gasteiger partial charge in [-0.15, -0.1) is 0 Å². The van der Waals surface area contributed by atoms with Crippen LogP contribution < -0.4 is 10.2 Å². The number of nitrogens with zero attached hydrogens (tertiary/aromatic N) is 2. The van der Waals surface area contributed by atoms with E-state index in [9.17, 15) is 19.3 Å². The number of anilines is 2. The van der Waals surface area contributed by atoms with Crippen LogP contribution in [0.2, 0.25) is 0 Å². The lowest BCUT2D eigenvalue weighted by Gasteiger charge is -2.38. The monoisotopic (exact) mass is 363 g/mol. The molecule has 0 fully saturated rings. The van der Waals surface area contributed by atoms with Crippen LogP contribution in [0.1, 0.15) is 22.1 Å². The Morgan fingerprint density at radius 3 is 2.48 bits per heavy atom. The summed E-state index contributed by atoms with van der Waals surface area (Å²) >= 11 is 0. The molecule has 0 aromatic heterocycles. The van der Waals surface area contributed by atoms with Crippen LogP contribution in [-0.4, -0.2) is 10.8 Å². The van der Waals surface area contributed by atoms with E-state index in [1.807, 2.05) is 0 Å².